The highest BCUT2D eigenvalue weighted by Crippen LogP contribution is 2.24. The maximum Gasteiger partial charge on any atom is 0.246 e. The van der Waals surface area contributed by atoms with Gasteiger partial charge in [0, 0.05) is 50.4 Å². The van der Waals surface area contributed by atoms with E-state index in [9.17, 15) is 4.79 Å². The molecule has 3 rings (SSSR count). The van der Waals surface area contributed by atoms with Gasteiger partial charge in [-0.3, -0.25) is 14.5 Å². The molecule has 0 aliphatic carbocycles. The van der Waals surface area contributed by atoms with Crippen LogP contribution in [0.15, 0.2) is 41.7 Å². The highest BCUT2D eigenvalue weighted by molar-refractivity contribution is 6.30. The third-order valence-electron chi connectivity index (χ3n) is 5.05. The summed E-state index contributed by atoms with van der Waals surface area (Å²) >= 11 is 6.00. The monoisotopic (exact) mass is 402 g/mol. The number of benzene rings is 1. The van der Waals surface area contributed by atoms with Crippen LogP contribution in [0.1, 0.15) is 19.4 Å². The van der Waals surface area contributed by atoms with E-state index < -0.39 is 0 Å². The summed E-state index contributed by atoms with van der Waals surface area (Å²) in [6.07, 6.45) is 3.57. The van der Waals surface area contributed by atoms with Crippen molar-refractivity contribution in [3.8, 4) is 0 Å². The van der Waals surface area contributed by atoms with E-state index in [-0.39, 0.29) is 17.9 Å². The van der Waals surface area contributed by atoms with Crippen molar-refractivity contribution in [2.24, 2.45) is 12.0 Å². The molecular weight excluding hydrogens is 376 g/mol. The Morgan fingerprint density at radius 1 is 1.29 bits per heavy atom. The van der Waals surface area contributed by atoms with Gasteiger partial charge in [-0.25, -0.2) is 0 Å². The number of hydrogen-bond donors (Lipinski definition) is 1. The molecular formula is C20H27ClN6O. The van der Waals surface area contributed by atoms with E-state index in [4.69, 9.17) is 11.6 Å². The smallest absolute Gasteiger partial charge is 0.246 e. The first-order valence-electron chi connectivity index (χ1n) is 9.31. The molecule has 2 aromatic rings. The molecule has 0 saturated carbocycles. The van der Waals surface area contributed by atoms with Crippen LogP contribution in [0, 0.1) is 0 Å². The molecule has 1 aromatic heterocycles. The number of aliphatic imine (C=N–C) groups is 1. The average molecular weight is 403 g/mol. The number of aryl methyl sites for hydroxylation is 1. The zero-order valence-electron chi connectivity index (χ0n) is 16.8. The van der Waals surface area contributed by atoms with Gasteiger partial charge in [-0.1, -0.05) is 37.6 Å². The Hall–Kier alpha value is -2.54. The minimum atomic E-state index is -0.109. The number of nitrogens with zero attached hydrogens (tertiary/aromatic N) is 5. The molecule has 1 amide bonds. The molecule has 1 saturated heterocycles. The van der Waals surface area contributed by atoms with E-state index in [2.05, 4.69) is 29.3 Å². The molecule has 28 heavy (non-hydrogen) atoms. The average Bonchev–Trinajstić information content (AvgIpc) is 3.08. The molecule has 7 nitrogen and oxygen atoms in total. The first kappa shape index (κ1) is 20.2. The van der Waals surface area contributed by atoms with Crippen molar-refractivity contribution in [1.29, 1.82) is 0 Å². The van der Waals surface area contributed by atoms with Gasteiger partial charge in [0.1, 0.15) is 6.54 Å². The number of guanidine groups is 1. The molecule has 150 valence electrons. The molecule has 0 bridgehead atoms. The number of anilines is 1. The molecule has 0 radical (unpaired) electrons. The molecule has 1 N–H and O–H groups in total. The second kappa shape index (κ2) is 8.22. The number of piperazine rings is 1. The minimum Gasteiger partial charge on any atom is -0.355 e. The zero-order chi connectivity index (χ0) is 20.3. The van der Waals surface area contributed by atoms with Crippen molar-refractivity contribution in [1.82, 2.24) is 20.0 Å². The van der Waals surface area contributed by atoms with Gasteiger partial charge in [0.2, 0.25) is 5.91 Å². The molecule has 1 fully saturated rings. The fraction of sp³-hybridized carbons (Fsp3) is 0.450. The summed E-state index contributed by atoms with van der Waals surface area (Å²) in [5.41, 5.74) is 1.92. The molecule has 2 heterocycles. The largest absolute Gasteiger partial charge is 0.355 e. The van der Waals surface area contributed by atoms with Crippen LogP contribution in [0.4, 0.5) is 5.69 Å². The summed E-state index contributed by atoms with van der Waals surface area (Å²) < 4.78 is 1.70. The number of nitrogens with one attached hydrogen (secondary N) is 1. The lowest BCUT2D eigenvalue weighted by Gasteiger charge is -2.36. The van der Waals surface area contributed by atoms with Gasteiger partial charge in [-0.2, -0.15) is 5.10 Å². The predicted octanol–water partition coefficient (Wildman–Crippen LogP) is 2.28. The van der Waals surface area contributed by atoms with Gasteiger partial charge in [0.15, 0.2) is 5.96 Å². The van der Waals surface area contributed by atoms with Gasteiger partial charge < -0.3 is 15.1 Å². The van der Waals surface area contributed by atoms with E-state index in [1.165, 1.54) is 5.56 Å². The van der Waals surface area contributed by atoms with Gasteiger partial charge >= 0.3 is 0 Å². The van der Waals surface area contributed by atoms with Crippen LogP contribution in [-0.2, 0) is 17.3 Å². The highest BCUT2D eigenvalue weighted by Gasteiger charge is 2.29. The Kier molecular flexibility index (Phi) is 5.93. The maximum absolute atomic E-state index is 12.6. The van der Waals surface area contributed by atoms with Crippen LogP contribution in [0.2, 0.25) is 5.02 Å². The Bertz CT molecular complexity index is 858. The van der Waals surface area contributed by atoms with Crippen LogP contribution in [0.5, 0.6) is 0 Å². The molecule has 1 aromatic carbocycles. The standard InChI is InChI=1S/C20H27ClN6O/c1-20(2,15-5-7-16(21)8-6-15)14-23-19(22-3)26-9-10-27(18(28)13-26)17-11-24-25(4)12-17/h5-8,11-12H,9-10,13-14H2,1-4H3,(H,22,23). The minimum absolute atomic E-state index is 0.0409. The third kappa shape index (κ3) is 4.47. The van der Waals surface area contributed by atoms with E-state index in [1.807, 2.05) is 42.4 Å². The lowest BCUT2D eigenvalue weighted by Crippen LogP contribution is -2.56. The zero-order valence-corrected chi connectivity index (χ0v) is 17.6. The van der Waals surface area contributed by atoms with E-state index in [0.717, 1.165) is 16.7 Å². The fourth-order valence-corrected chi connectivity index (χ4v) is 3.44. The van der Waals surface area contributed by atoms with Crippen molar-refractivity contribution >= 4 is 29.2 Å². The summed E-state index contributed by atoms with van der Waals surface area (Å²) in [7, 11) is 3.59. The quantitative estimate of drug-likeness (QED) is 0.629. The Balaban J connectivity index is 1.61. The van der Waals surface area contributed by atoms with Crippen molar-refractivity contribution < 1.29 is 4.79 Å². The summed E-state index contributed by atoms with van der Waals surface area (Å²) in [4.78, 5) is 20.8. The molecule has 0 unspecified atom stereocenters. The Labute approximate surface area is 171 Å². The van der Waals surface area contributed by atoms with Crippen molar-refractivity contribution in [3.63, 3.8) is 0 Å². The molecule has 1 aliphatic heterocycles. The number of amides is 1. The number of rotatable bonds is 4. The van der Waals surface area contributed by atoms with Crippen molar-refractivity contribution in [3.05, 3.63) is 47.2 Å². The van der Waals surface area contributed by atoms with Crippen molar-refractivity contribution in [2.75, 3.05) is 38.1 Å². The van der Waals surface area contributed by atoms with Gasteiger partial charge in [-0.05, 0) is 17.7 Å². The number of aromatic nitrogens is 2. The lowest BCUT2D eigenvalue weighted by atomic mass is 9.84. The molecule has 1 aliphatic rings. The van der Waals surface area contributed by atoms with Crippen LogP contribution >= 0.6 is 11.6 Å². The summed E-state index contributed by atoms with van der Waals surface area (Å²) in [6, 6.07) is 7.90. The van der Waals surface area contributed by atoms with Crippen LogP contribution in [-0.4, -0.2) is 59.8 Å². The summed E-state index contributed by atoms with van der Waals surface area (Å²) in [5.74, 6) is 0.778. The third-order valence-corrected chi connectivity index (χ3v) is 5.30. The van der Waals surface area contributed by atoms with E-state index in [0.29, 0.717) is 19.6 Å². The molecule has 8 heteroatoms. The Morgan fingerprint density at radius 2 is 2.00 bits per heavy atom. The van der Waals surface area contributed by atoms with Crippen molar-refractivity contribution in [2.45, 2.75) is 19.3 Å². The molecule has 0 spiro atoms. The fourth-order valence-electron chi connectivity index (χ4n) is 3.31. The predicted molar refractivity (Wildman–Crippen MR) is 113 cm³/mol. The first-order valence-corrected chi connectivity index (χ1v) is 9.68. The first-order chi connectivity index (χ1) is 13.3. The van der Waals surface area contributed by atoms with E-state index >= 15 is 0 Å². The lowest BCUT2D eigenvalue weighted by molar-refractivity contribution is -0.120. The molecule has 0 atom stereocenters. The maximum atomic E-state index is 12.6. The van der Waals surface area contributed by atoms with Crippen LogP contribution in [0.3, 0.4) is 0 Å². The topological polar surface area (TPSA) is 65.8 Å². The number of carbonyl (C=O) groups is 1. The number of carbonyl (C=O) groups excluding carboxylic acids is 1. The SMILES string of the molecule is CN=C(NCC(C)(C)c1ccc(Cl)cc1)N1CCN(c2cnn(C)c2)C(=O)C1. The van der Waals surface area contributed by atoms with Gasteiger partial charge in [-0.15, -0.1) is 0 Å². The van der Waals surface area contributed by atoms with Crippen LogP contribution in [0.25, 0.3) is 0 Å². The highest BCUT2D eigenvalue weighted by atomic mass is 35.5. The Morgan fingerprint density at radius 3 is 2.57 bits per heavy atom. The summed E-state index contributed by atoms with van der Waals surface area (Å²) in [6.45, 7) is 6.63. The summed E-state index contributed by atoms with van der Waals surface area (Å²) in [5, 5.41) is 8.31. The van der Waals surface area contributed by atoms with Crippen LogP contribution < -0.4 is 10.2 Å². The number of halogens is 1. The normalized spacial score (nSPS) is 15.9. The second-order valence-corrected chi connectivity index (χ2v) is 8.07. The number of hydrogen-bond acceptors (Lipinski definition) is 3. The van der Waals surface area contributed by atoms with E-state index in [1.54, 1.807) is 22.8 Å². The van der Waals surface area contributed by atoms with Gasteiger partial charge in [0.25, 0.3) is 0 Å². The van der Waals surface area contributed by atoms with Gasteiger partial charge in [0.05, 0.1) is 11.9 Å². The second-order valence-electron chi connectivity index (χ2n) is 7.63.